The first-order valence-electron chi connectivity index (χ1n) is 10.6. The molecule has 2 aromatic rings. The van der Waals surface area contributed by atoms with Gasteiger partial charge in [0.15, 0.2) is 13.9 Å². The maximum atomic E-state index is 13.5. The van der Waals surface area contributed by atoms with Crippen LogP contribution in [-0.2, 0) is 28.1 Å². The lowest BCUT2D eigenvalue weighted by molar-refractivity contribution is -0.145. The first kappa shape index (κ1) is 22.6. The molecule has 0 bridgehead atoms. The van der Waals surface area contributed by atoms with Crippen molar-refractivity contribution in [2.45, 2.75) is 56.7 Å². The molecule has 4 rings (SSSR count). The molecule has 1 fully saturated rings. The highest BCUT2D eigenvalue weighted by Crippen LogP contribution is 2.59. The first-order chi connectivity index (χ1) is 14.6. The van der Waals surface area contributed by atoms with E-state index in [2.05, 4.69) is 26.2 Å². The molecular formula is C21H29BrN4O4Si. The molecule has 1 amide bonds. The van der Waals surface area contributed by atoms with Crippen LogP contribution in [0.25, 0.3) is 0 Å². The number of hydrogen-bond acceptors (Lipinski definition) is 6. The average molecular weight is 509 g/mol. The summed E-state index contributed by atoms with van der Waals surface area (Å²) in [5.41, 5.74) is 1.23. The number of aryl methyl sites for hydroxylation is 1. The third-order valence-corrected chi connectivity index (χ3v) is 9.67. The van der Waals surface area contributed by atoms with E-state index in [4.69, 9.17) is 9.84 Å². The van der Waals surface area contributed by atoms with Gasteiger partial charge in [0.05, 0.1) is 17.5 Å². The normalized spacial score (nSPS) is 28.0. The highest BCUT2D eigenvalue weighted by Gasteiger charge is 2.65. The molecule has 0 aliphatic carbocycles. The first-order valence-corrected chi connectivity index (χ1v) is 14.4. The van der Waals surface area contributed by atoms with E-state index in [0.29, 0.717) is 19.4 Å². The number of hydrogen-bond donors (Lipinski definition) is 2. The van der Waals surface area contributed by atoms with Gasteiger partial charge < -0.3 is 19.5 Å². The number of aliphatic hydroxyl groups is 1. The van der Waals surface area contributed by atoms with E-state index in [0.717, 1.165) is 21.4 Å². The Morgan fingerprint density at radius 1 is 1.35 bits per heavy atom. The van der Waals surface area contributed by atoms with Crippen LogP contribution in [0.1, 0.15) is 24.6 Å². The Morgan fingerprint density at radius 2 is 2.10 bits per heavy atom. The van der Waals surface area contributed by atoms with Gasteiger partial charge in [-0.25, -0.2) is 0 Å². The van der Waals surface area contributed by atoms with Crippen molar-refractivity contribution in [1.82, 2.24) is 15.0 Å². The number of anilines is 1. The lowest BCUT2D eigenvalue weighted by atomic mass is 9.82. The Hall–Kier alpha value is -1.59. The predicted molar refractivity (Wildman–Crippen MR) is 122 cm³/mol. The quantitative estimate of drug-likeness (QED) is 0.581. The molecule has 3 heterocycles. The van der Waals surface area contributed by atoms with Crippen LogP contribution >= 0.6 is 15.9 Å². The summed E-state index contributed by atoms with van der Waals surface area (Å²) in [7, 11) is -0.882. The largest absolute Gasteiger partial charge is 0.432 e. The minimum absolute atomic E-state index is 0.0292. The number of rotatable bonds is 6. The number of fused-ring (bicyclic) bond motifs is 2. The number of aromatic nitrogens is 3. The standard InChI is InChI=1S/C21H29BrN4O4Si/c1-13-19(31(3,4)29)18(7-9-26-12-15(8-10-27)23-24-26)30-21(13)16-11-14(22)5-6-17(16)25(2)20(21)28/h5-6,11-13,18-19,27,29H,7-10H2,1-4H3/t13-,18+,19-,21+/m1/s1. The number of benzene rings is 1. The minimum atomic E-state index is -2.66. The molecule has 0 unspecified atom stereocenters. The lowest BCUT2D eigenvalue weighted by Crippen LogP contribution is -2.45. The van der Waals surface area contributed by atoms with E-state index < -0.39 is 13.9 Å². The van der Waals surface area contributed by atoms with Gasteiger partial charge in [0.1, 0.15) is 0 Å². The number of amides is 1. The molecule has 0 radical (unpaired) electrons. The van der Waals surface area contributed by atoms with Gasteiger partial charge in [0.2, 0.25) is 0 Å². The Morgan fingerprint density at radius 3 is 2.77 bits per heavy atom. The summed E-state index contributed by atoms with van der Waals surface area (Å²) in [6.45, 7) is 6.46. The Balaban J connectivity index is 1.67. The van der Waals surface area contributed by atoms with Gasteiger partial charge in [-0.3, -0.25) is 9.48 Å². The number of likely N-dealkylation sites (N-methyl/N-ethyl adjacent to an activating group) is 1. The number of halogens is 1. The van der Waals surface area contributed by atoms with Crippen LogP contribution in [0.3, 0.4) is 0 Å². The van der Waals surface area contributed by atoms with Crippen molar-refractivity contribution in [1.29, 1.82) is 0 Å². The van der Waals surface area contributed by atoms with Crippen LogP contribution in [0.5, 0.6) is 0 Å². The van der Waals surface area contributed by atoms with E-state index in [1.165, 1.54) is 0 Å². The van der Waals surface area contributed by atoms with Gasteiger partial charge in [-0.2, -0.15) is 0 Å². The van der Waals surface area contributed by atoms with Crippen LogP contribution in [0.15, 0.2) is 28.9 Å². The second-order valence-electron chi connectivity index (χ2n) is 9.12. The zero-order chi connectivity index (χ0) is 22.6. The molecule has 168 valence electrons. The van der Waals surface area contributed by atoms with Crippen molar-refractivity contribution in [3.05, 3.63) is 40.1 Å². The molecular weight excluding hydrogens is 480 g/mol. The third-order valence-electron chi connectivity index (χ3n) is 6.67. The molecule has 1 spiro atoms. The summed E-state index contributed by atoms with van der Waals surface area (Å²) in [5.74, 6) is -0.250. The van der Waals surface area contributed by atoms with Crippen LogP contribution in [0.4, 0.5) is 5.69 Å². The van der Waals surface area contributed by atoms with Crippen molar-refractivity contribution in [3.63, 3.8) is 0 Å². The zero-order valence-corrected chi connectivity index (χ0v) is 20.8. The van der Waals surface area contributed by atoms with Gasteiger partial charge in [-0.05, 0) is 37.7 Å². The molecule has 1 aromatic heterocycles. The molecule has 1 aromatic carbocycles. The summed E-state index contributed by atoms with van der Waals surface area (Å²) < 4.78 is 9.29. The Labute approximate surface area is 191 Å². The fourth-order valence-corrected chi connectivity index (χ4v) is 8.33. The van der Waals surface area contributed by atoms with Crippen LogP contribution < -0.4 is 4.90 Å². The van der Waals surface area contributed by atoms with Crippen molar-refractivity contribution in [3.8, 4) is 0 Å². The molecule has 0 saturated carbocycles. The average Bonchev–Trinajstić information content (AvgIpc) is 3.32. The van der Waals surface area contributed by atoms with Gasteiger partial charge in [0.25, 0.3) is 5.91 Å². The number of nitrogens with zero attached hydrogens (tertiary/aromatic N) is 4. The zero-order valence-electron chi connectivity index (χ0n) is 18.2. The monoisotopic (exact) mass is 508 g/mol. The van der Waals surface area contributed by atoms with Gasteiger partial charge in [-0.1, -0.05) is 28.1 Å². The minimum Gasteiger partial charge on any atom is -0.432 e. The number of ether oxygens (including phenoxy) is 1. The van der Waals surface area contributed by atoms with Crippen molar-refractivity contribution < 1.29 is 19.4 Å². The summed E-state index contributed by atoms with van der Waals surface area (Å²) in [6, 6.07) is 5.83. The van der Waals surface area contributed by atoms with Crippen LogP contribution in [0, 0.1) is 5.92 Å². The molecule has 10 heteroatoms. The van der Waals surface area contributed by atoms with Gasteiger partial charge in [0, 0.05) is 54.3 Å². The van der Waals surface area contributed by atoms with Gasteiger partial charge in [-0.15, -0.1) is 5.10 Å². The predicted octanol–water partition coefficient (Wildman–Crippen LogP) is 2.44. The van der Waals surface area contributed by atoms with Crippen molar-refractivity contribution >= 4 is 35.8 Å². The number of aliphatic hydroxyl groups excluding tert-OH is 1. The van der Waals surface area contributed by atoms with E-state index in [-0.39, 0.29) is 30.1 Å². The summed E-state index contributed by atoms with van der Waals surface area (Å²) in [5, 5.41) is 17.3. The fourth-order valence-electron chi connectivity index (χ4n) is 5.36. The second kappa shape index (κ2) is 8.07. The lowest BCUT2D eigenvalue weighted by Gasteiger charge is -2.32. The maximum Gasteiger partial charge on any atom is 0.264 e. The van der Waals surface area contributed by atoms with Gasteiger partial charge >= 0.3 is 0 Å². The van der Waals surface area contributed by atoms with E-state index in [9.17, 15) is 9.59 Å². The van der Waals surface area contributed by atoms with E-state index in [1.54, 1.807) is 16.6 Å². The van der Waals surface area contributed by atoms with Crippen molar-refractivity contribution in [2.24, 2.45) is 5.92 Å². The molecule has 2 aliphatic heterocycles. The van der Waals surface area contributed by atoms with Crippen LogP contribution in [-0.4, -0.2) is 58.9 Å². The summed E-state index contributed by atoms with van der Waals surface area (Å²) in [4.78, 5) is 26.4. The smallest absolute Gasteiger partial charge is 0.264 e. The number of carbonyl (C=O) groups is 1. The maximum absolute atomic E-state index is 13.5. The highest BCUT2D eigenvalue weighted by molar-refractivity contribution is 9.10. The molecule has 1 saturated heterocycles. The highest BCUT2D eigenvalue weighted by atomic mass is 79.9. The third kappa shape index (κ3) is 3.68. The molecule has 8 nitrogen and oxygen atoms in total. The SMILES string of the molecule is C[C@@H]1[C@@H]([Si](C)(C)O)[C@H](CCn2cc(CCO)nn2)O[C@@]12C(=O)N(C)c1ccc(Br)cc12. The van der Waals surface area contributed by atoms with Crippen molar-refractivity contribution in [2.75, 3.05) is 18.6 Å². The van der Waals surface area contributed by atoms with E-state index in [1.807, 2.05) is 44.4 Å². The Bertz CT molecular complexity index is 994. The molecule has 2 aliphatic rings. The Kier molecular flexibility index (Phi) is 5.89. The second-order valence-corrected chi connectivity index (χ2v) is 14.0. The number of carbonyl (C=O) groups excluding carboxylic acids is 1. The summed E-state index contributed by atoms with van der Waals surface area (Å²) in [6.07, 6.45) is 2.61. The topological polar surface area (TPSA) is 101 Å². The fraction of sp³-hybridized carbons (Fsp3) is 0.571. The van der Waals surface area contributed by atoms with E-state index >= 15 is 0 Å². The molecule has 31 heavy (non-hydrogen) atoms. The summed E-state index contributed by atoms with van der Waals surface area (Å²) >= 11 is 3.54. The molecule has 4 atom stereocenters. The molecule has 2 N–H and O–H groups in total. The van der Waals surface area contributed by atoms with Crippen LogP contribution in [0.2, 0.25) is 18.6 Å².